The summed E-state index contributed by atoms with van der Waals surface area (Å²) < 4.78 is 11.6. The SMILES string of the molecule is Cc1cc(-c2cccc3oc4ccccc4c23)cc(C)c1N1c2ccc(C(C)(C)C)cc2B2c3cc4c5ccccc5n(-c5c(C)cccc5C)c4cc3N(c3ccc(-c4ccc5sc6ccccc6c5c4)cc3)c3cc(C(C)(C)C)cc1c32. The van der Waals surface area contributed by atoms with Gasteiger partial charge in [0, 0.05) is 70.2 Å². The van der Waals surface area contributed by atoms with Crippen molar-refractivity contribution in [3.63, 3.8) is 0 Å². The van der Waals surface area contributed by atoms with E-state index in [1.54, 1.807) is 0 Å². The Hall–Kier alpha value is -9.10. The molecule has 406 valence electrons. The fraction of sp³-hybridized carbons (Fsp3) is 0.154. The van der Waals surface area contributed by atoms with Gasteiger partial charge in [-0.2, -0.15) is 0 Å². The topological polar surface area (TPSA) is 24.6 Å². The molecular weight excluding hydrogens is 1040 g/mol. The van der Waals surface area contributed by atoms with E-state index >= 15 is 0 Å². The van der Waals surface area contributed by atoms with Gasteiger partial charge in [0.05, 0.1) is 22.4 Å². The van der Waals surface area contributed by atoms with Crippen molar-refractivity contribution in [3.05, 3.63) is 240 Å². The molecule has 0 aliphatic carbocycles. The molecule has 3 aromatic heterocycles. The van der Waals surface area contributed by atoms with Crippen molar-refractivity contribution in [3.8, 4) is 27.9 Å². The minimum atomic E-state index is -0.192. The predicted octanol–water partition coefficient (Wildman–Crippen LogP) is 20.3. The second kappa shape index (κ2) is 18.2. The lowest BCUT2D eigenvalue weighted by Gasteiger charge is -2.46. The number of nitrogens with zero attached hydrogens (tertiary/aromatic N) is 3. The van der Waals surface area contributed by atoms with Crippen LogP contribution in [0.15, 0.2) is 211 Å². The Balaban J connectivity index is 0.981. The molecule has 0 spiro atoms. The first kappa shape index (κ1) is 50.6. The number of para-hydroxylation sites is 3. The summed E-state index contributed by atoms with van der Waals surface area (Å²) in [6, 6.07) is 78.4. The lowest BCUT2D eigenvalue weighted by Crippen LogP contribution is -2.61. The number of hydrogen-bond acceptors (Lipinski definition) is 4. The van der Waals surface area contributed by atoms with E-state index in [-0.39, 0.29) is 17.5 Å². The maximum absolute atomic E-state index is 6.46. The van der Waals surface area contributed by atoms with Gasteiger partial charge in [-0.25, -0.2) is 0 Å². The third-order valence-electron chi connectivity index (χ3n) is 18.5. The summed E-state index contributed by atoms with van der Waals surface area (Å²) in [5, 5.41) is 7.43. The molecule has 84 heavy (non-hydrogen) atoms. The first-order valence-corrected chi connectivity index (χ1v) is 30.5. The van der Waals surface area contributed by atoms with Gasteiger partial charge in [0.2, 0.25) is 0 Å². The average Bonchev–Trinajstić information content (AvgIpc) is 0.950. The van der Waals surface area contributed by atoms with E-state index in [1.807, 2.05) is 11.3 Å². The van der Waals surface area contributed by atoms with E-state index in [0.29, 0.717) is 0 Å². The van der Waals surface area contributed by atoms with Gasteiger partial charge >= 0.3 is 0 Å². The standard InChI is InChI=1S/C78H64BN3OS/c1-45-19-17-20-46(2)75(45)81-63-25-14-11-21-56(63)59-43-62-66(44-65(59)81)80(54-33-29-49(30-34-54)50-31-36-72-60(39-50)57-22-13-16-28-71(57)84-72)67-41-53(78(8,9)10)42-68-74(67)79(62)61-40-52(77(5,6)7)32-35-64(61)82(68)76-47(3)37-51(38-48(76)4)55-24-18-27-70-73(55)58-23-12-15-26-69(58)83-70/h11-44H,1-10H3. The maximum Gasteiger partial charge on any atom is 0.252 e. The second-order valence-electron chi connectivity index (χ2n) is 25.9. The van der Waals surface area contributed by atoms with E-state index in [9.17, 15) is 0 Å². The van der Waals surface area contributed by atoms with E-state index in [4.69, 9.17) is 4.42 Å². The lowest BCUT2D eigenvalue weighted by molar-refractivity contribution is 0.590. The zero-order valence-corrected chi connectivity index (χ0v) is 50.2. The van der Waals surface area contributed by atoms with Crippen molar-refractivity contribution >= 4 is 132 Å². The van der Waals surface area contributed by atoms with Crippen molar-refractivity contribution in [1.82, 2.24) is 4.57 Å². The van der Waals surface area contributed by atoms with Crippen LogP contribution in [0.5, 0.6) is 0 Å². The van der Waals surface area contributed by atoms with Gasteiger partial charge in [-0.3, -0.25) is 0 Å². The Morgan fingerprint density at radius 3 is 1.77 bits per heavy atom. The fourth-order valence-electron chi connectivity index (χ4n) is 14.5. The summed E-state index contributed by atoms with van der Waals surface area (Å²) in [4.78, 5) is 5.28. The van der Waals surface area contributed by atoms with Crippen LogP contribution in [0, 0.1) is 27.7 Å². The number of furan rings is 1. The van der Waals surface area contributed by atoms with Crippen LogP contribution in [0.1, 0.15) is 74.9 Å². The Bertz CT molecular complexity index is 5070. The molecule has 0 bridgehead atoms. The van der Waals surface area contributed by atoms with Crippen molar-refractivity contribution in [2.45, 2.75) is 80.1 Å². The van der Waals surface area contributed by atoms with Crippen molar-refractivity contribution in [2.75, 3.05) is 9.80 Å². The minimum absolute atomic E-state index is 0.0891. The highest BCUT2D eigenvalue weighted by Gasteiger charge is 2.45. The van der Waals surface area contributed by atoms with Crippen LogP contribution in [-0.4, -0.2) is 11.3 Å². The van der Waals surface area contributed by atoms with Crippen LogP contribution in [-0.2, 0) is 10.8 Å². The number of fused-ring (bicyclic) bond motifs is 13. The highest BCUT2D eigenvalue weighted by Crippen LogP contribution is 2.51. The molecule has 16 rings (SSSR count). The largest absolute Gasteiger partial charge is 0.456 e. The Morgan fingerprint density at radius 2 is 1.02 bits per heavy atom. The van der Waals surface area contributed by atoms with Crippen LogP contribution in [0.4, 0.5) is 34.1 Å². The van der Waals surface area contributed by atoms with Crippen molar-refractivity contribution in [2.24, 2.45) is 0 Å². The number of thiophene rings is 1. The highest BCUT2D eigenvalue weighted by atomic mass is 32.1. The summed E-state index contributed by atoms with van der Waals surface area (Å²) in [5.74, 6) is 0. The summed E-state index contributed by atoms with van der Waals surface area (Å²) >= 11 is 1.87. The van der Waals surface area contributed by atoms with Gasteiger partial charge in [0.15, 0.2) is 0 Å². The Kier molecular flexibility index (Phi) is 11.0. The van der Waals surface area contributed by atoms with E-state index < -0.39 is 0 Å². The average molecular weight is 1100 g/mol. The van der Waals surface area contributed by atoms with Gasteiger partial charge in [0.25, 0.3) is 6.71 Å². The number of anilines is 6. The minimum Gasteiger partial charge on any atom is -0.456 e. The van der Waals surface area contributed by atoms with Crippen LogP contribution in [0.2, 0.25) is 0 Å². The van der Waals surface area contributed by atoms with Crippen LogP contribution >= 0.6 is 11.3 Å². The van der Waals surface area contributed by atoms with Gasteiger partial charge in [-0.05, 0) is 195 Å². The van der Waals surface area contributed by atoms with Crippen LogP contribution in [0.25, 0.3) is 91.9 Å². The van der Waals surface area contributed by atoms with Gasteiger partial charge in [-0.1, -0.05) is 163 Å². The first-order chi connectivity index (χ1) is 40.6. The summed E-state index contributed by atoms with van der Waals surface area (Å²) in [5.41, 5.74) is 28.6. The summed E-state index contributed by atoms with van der Waals surface area (Å²) in [6.07, 6.45) is 0. The van der Waals surface area contributed by atoms with E-state index in [1.165, 1.54) is 148 Å². The number of aromatic nitrogens is 1. The maximum atomic E-state index is 6.46. The summed E-state index contributed by atoms with van der Waals surface area (Å²) in [6.45, 7) is 23.2. The molecule has 2 aliphatic heterocycles. The monoisotopic (exact) mass is 1100 g/mol. The van der Waals surface area contributed by atoms with Gasteiger partial charge < -0.3 is 18.8 Å². The molecule has 0 fully saturated rings. The normalized spacial score (nSPS) is 13.3. The lowest BCUT2D eigenvalue weighted by atomic mass is 9.33. The number of benzene rings is 11. The molecule has 0 amide bonds. The Morgan fingerprint density at radius 1 is 0.393 bits per heavy atom. The molecule has 0 unspecified atom stereocenters. The fourth-order valence-corrected chi connectivity index (χ4v) is 15.6. The molecule has 11 aromatic carbocycles. The molecule has 14 aromatic rings. The predicted molar refractivity (Wildman–Crippen MR) is 362 cm³/mol. The smallest absolute Gasteiger partial charge is 0.252 e. The van der Waals surface area contributed by atoms with Crippen LogP contribution in [0.3, 0.4) is 0 Å². The summed E-state index contributed by atoms with van der Waals surface area (Å²) in [7, 11) is 0. The third-order valence-corrected chi connectivity index (χ3v) is 19.7. The molecule has 6 heteroatoms. The van der Waals surface area contributed by atoms with Crippen molar-refractivity contribution in [1.29, 1.82) is 0 Å². The third kappa shape index (κ3) is 7.52. The molecule has 5 heterocycles. The number of rotatable bonds is 5. The second-order valence-corrected chi connectivity index (χ2v) is 27.0. The van der Waals surface area contributed by atoms with E-state index in [0.717, 1.165) is 27.6 Å². The van der Waals surface area contributed by atoms with Crippen molar-refractivity contribution < 1.29 is 4.42 Å². The molecule has 0 saturated heterocycles. The molecule has 4 nitrogen and oxygen atoms in total. The van der Waals surface area contributed by atoms with Crippen LogP contribution < -0.4 is 26.2 Å². The van der Waals surface area contributed by atoms with Gasteiger partial charge in [-0.15, -0.1) is 11.3 Å². The molecular formula is C78H64BN3OS. The molecule has 0 saturated carbocycles. The Labute approximate surface area is 495 Å². The molecule has 2 aliphatic rings. The quantitative estimate of drug-likeness (QED) is 0.161. The van der Waals surface area contributed by atoms with Gasteiger partial charge in [0.1, 0.15) is 11.2 Å². The zero-order valence-electron chi connectivity index (χ0n) is 49.4. The molecule has 0 N–H and O–H groups in total. The molecule has 0 atom stereocenters. The number of aryl methyl sites for hydroxylation is 4. The first-order valence-electron chi connectivity index (χ1n) is 29.7. The highest BCUT2D eigenvalue weighted by molar-refractivity contribution is 7.25. The van der Waals surface area contributed by atoms with E-state index in [2.05, 4.69) is 290 Å². The molecule has 0 radical (unpaired) electrons. The zero-order chi connectivity index (χ0) is 57.2. The number of hydrogen-bond donors (Lipinski definition) is 0.